The van der Waals surface area contributed by atoms with Crippen LogP contribution in [0.1, 0.15) is 44.0 Å². The Kier molecular flexibility index (Phi) is 3.73. The molecule has 1 atom stereocenters. The molecule has 1 unspecified atom stereocenters. The third-order valence-corrected chi connectivity index (χ3v) is 3.84. The van der Waals surface area contributed by atoms with Crippen LogP contribution in [0.5, 0.6) is 0 Å². The largest absolute Gasteiger partial charge is 0.337 e. The Morgan fingerprint density at radius 1 is 1.25 bits per heavy atom. The van der Waals surface area contributed by atoms with Gasteiger partial charge in [-0.1, -0.05) is 24.4 Å². The van der Waals surface area contributed by atoms with Crippen molar-refractivity contribution < 1.29 is 8.91 Å². The first-order chi connectivity index (χ1) is 9.74. The SMILES string of the molecule is NC(c1nc(-c2ccc(F)cn2)no1)C1CCCCC1. The average molecular weight is 276 g/mol. The third-order valence-electron chi connectivity index (χ3n) is 3.84. The lowest BCUT2D eigenvalue weighted by atomic mass is 9.84. The van der Waals surface area contributed by atoms with Gasteiger partial charge in [0.15, 0.2) is 0 Å². The van der Waals surface area contributed by atoms with Gasteiger partial charge in [0.25, 0.3) is 0 Å². The van der Waals surface area contributed by atoms with Crippen molar-refractivity contribution in [1.82, 2.24) is 15.1 Å². The zero-order chi connectivity index (χ0) is 13.9. The van der Waals surface area contributed by atoms with Crippen molar-refractivity contribution in [1.29, 1.82) is 0 Å². The van der Waals surface area contributed by atoms with Crippen LogP contribution in [0.2, 0.25) is 0 Å². The Bertz CT molecular complexity index is 563. The molecule has 2 N–H and O–H groups in total. The first-order valence-electron chi connectivity index (χ1n) is 6.95. The van der Waals surface area contributed by atoms with Gasteiger partial charge in [-0.2, -0.15) is 4.98 Å². The summed E-state index contributed by atoms with van der Waals surface area (Å²) in [5.41, 5.74) is 6.69. The van der Waals surface area contributed by atoms with Crippen molar-refractivity contribution in [2.75, 3.05) is 0 Å². The smallest absolute Gasteiger partial charge is 0.244 e. The van der Waals surface area contributed by atoms with E-state index in [2.05, 4.69) is 15.1 Å². The molecular weight excluding hydrogens is 259 g/mol. The van der Waals surface area contributed by atoms with Gasteiger partial charge >= 0.3 is 0 Å². The molecule has 0 aliphatic heterocycles. The maximum Gasteiger partial charge on any atom is 0.244 e. The van der Waals surface area contributed by atoms with Crippen LogP contribution < -0.4 is 5.73 Å². The molecule has 0 saturated heterocycles. The van der Waals surface area contributed by atoms with Gasteiger partial charge < -0.3 is 10.3 Å². The van der Waals surface area contributed by atoms with E-state index in [1.807, 2.05) is 0 Å². The molecule has 0 spiro atoms. The van der Waals surface area contributed by atoms with Crippen molar-refractivity contribution in [2.45, 2.75) is 38.1 Å². The summed E-state index contributed by atoms with van der Waals surface area (Å²) in [6.07, 6.45) is 7.03. The summed E-state index contributed by atoms with van der Waals surface area (Å²) < 4.78 is 18.1. The monoisotopic (exact) mass is 276 g/mol. The molecular formula is C14H17FN4O. The number of nitrogens with two attached hydrogens (primary N) is 1. The minimum Gasteiger partial charge on any atom is -0.337 e. The number of pyridine rings is 1. The summed E-state index contributed by atoms with van der Waals surface area (Å²) in [4.78, 5) is 8.23. The highest BCUT2D eigenvalue weighted by Gasteiger charge is 2.26. The summed E-state index contributed by atoms with van der Waals surface area (Å²) >= 11 is 0. The number of hydrogen-bond donors (Lipinski definition) is 1. The zero-order valence-corrected chi connectivity index (χ0v) is 11.1. The molecule has 2 heterocycles. The summed E-state index contributed by atoms with van der Waals surface area (Å²) in [6, 6.07) is 2.62. The minimum atomic E-state index is -0.392. The van der Waals surface area contributed by atoms with Crippen LogP contribution in [-0.4, -0.2) is 15.1 Å². The van der Waals surface area contributed by atoms with Gasteiger partial charge in [-0.15, -0.1) is 0 Å². The molecule has 6 heteroatoms. The Labute approximate surface area is 116 Å². The molecule has 2 aromatic rings. The Balaban J connectivity index is 1.77. The summed E-state index contributed by atoms with van der Waals surface area (Å²) in [5, 5.41) is 3.88. The molecule has 1 aliphatic carbocycles. The lowest BCUT2D eigenvalue weighted by Gasteiger charge is -2.24. The molecule has 0 bridgehead atoms. The molecule has 20 heavy (non-hydrogen) atoms. The molecule has 1 aliphatic rings. The highest BCUT2D eigenvalue weighted by molar-refractivity contribution is 5.47. The van der Waals surface area contributed by atoms with Crippen molar-refractivity contribution in [2.24, 2.45) is 11.7 Å². The van der Waals surface area contributed by atoms with Gasteiger partial charge in [-0.05, 0) is 30.9 Å². The predicted octanol–water partition coefficient (Wildman–Crippen LogP) is 2.85. The average Bonchev–Trinajstić information content (AvgIpc) is 2.98. The minimum absolute atomic E-state index is 0.225. The van der Waals surface area contributed by atoms with Gasteiger partial charge in [0.1, 0.15) is 11.5 Å². The van der Waals surface area contributed by atoms with Crippen molar-refractivity contribution in [3.05, 3.63) is 30.0 Å². The lowest BCUT2D eigenvalue weighted by molar-refractivity contribution is 0.255. The van der Waals surface area contributed by atoms with Crippen LogP contribution in [-0.2, 0) is 0 Å². The molecule has 0 amide bonds. The van der Waals surface area contributed by atoms with Gasteiger partial charge in [0, 0.05) is 0 Å². The quantitative estimate of drug-likeness (QED) is 0.932. The maximum atomic E-state index is 12.8. The Morgan fingerprint density at radius 3 is 2.75 bits per heavy atom. The van der Waals surface area contributed by atoms with E-state index in [1.165, 1.54) is 31.4 Å². The van der Waals surface area contributed by atoms with Crippen LogP contribution in [0.15, 0.2) is 22.9 Å². The van der Waals surface area contributed by atoms with E-state index < -0.39 is 5.82 Å². The maximum absolute atomic E-state index is 12.8. The van der Waals surface area contributed by atoms with Crippen LogP contribution >= 0.6 is 0 Å². The molecule has 2 aromatic heterocycles. The standard InChI is InChI=1S/C14H17FN4O/c15-10-6-7-11(17-8-10)13-18-14(20-19-13)12(16)9-4-2-1-3-5-9/h6-9,12H,1-5,16H2. The second-order valence-corrected chi connectivity index (χ2v) is 5.24. The van der Waals surface area contributed by atoms with Crippen LogP contribution in [0.4, 0.5) is 4.39 Å². The van der Waals surface area contributed by atoms with Crippen molar-refractivity contribution in [3.63, 3.8) is 0 Å². The van der Waals surface area contributed by atoms with Crippen LogP contribution in [0.25, 0.3) is 11.5 Å². The van der Waals surface area contributed by atoms with E-state index in [4.69, 9.17) is 10.3 Å². The van der Waals surface area contributed by atoms with E-state index in [-0.39, 0.29) is 6.04 Å². The van der Waals surface area contributed by atoms with E-state index >= 15 is 0 Å². The molecule has 1 saturated carbocycles. The van der Waals surface area contributed by atoms with Gasteiger partial charge in [0.2, 0.25) is 11.7 Å². The zero-order valence-electron chi connectivity index (χ0n) is 11.1. The predicted molar refractivity (Wildman–Crippen MR) is 71.0 cm³/mol. The number of halogens is 1. The molecule has 5 nitrogen and oxygen atoms in total. The fraction of sp³-hybridized carbons (Fsp3) is 0.500. The first kappa shape index (κ1) is 13.2. The molecule has 3 rings (SSSR count). The van der Waals surface area contributed by atoms with E-state index in [9.17, 15) is 4.39 Å². The van der Waals surface area contributed by atoms with Crippen molar-refractivity contribution in [3.8, 4) is 11.5 Å². The van der Waals surface area contributed by atoms with Gasteiger partial charge in [0.05, 0.1) is 12.2 Å². The van der Waals surface area contributed by atoms with E-state index in [0.29, 0.717) is 23.3 Å². The third kappa shape index (κ3) is 2.70. The second-order valence-electron chi connectivity index (χ2n) is 5.24. The molecule has 106 valence electrons. The normalized spacial score (nSPS) is 18.1. The number of rotatable bonds is 3. The highest BCUT2D eigenvalue weighted by atomic mass is 19.1. The number of hydrogen-bond acceptors (Lipinski definition) is 5. The van der Waals surface area contributed by atoms with Crippen LogP contribution in [0, 0.1) is 11.7 Å². The topological polar surface area (TPSA) is 77.8 Å². The molecule has 0 radical (unpaired) electrons. The molecule has 0 aromatic carbocycles. The summed E-state index contributed by atoms with van der Waals surface area (Å²) in [6.45, 7) is 0. The van der Waals surface area contributed by atoms with Gasteiger partial charge in [-0.3, -0.25) is 0 Å². The summed E-state index contributed by atoms with van der Waals surface area (Å²) in [5.74, 6) is 0.805. The Hall–Kier alpha value is -1.82. The molecule has 1 fully saturated rings. The number of nitrogens with zero attached hydrogens (tertiary/aromatic N) is 3. The highest BCUT2D eigenvalue weighted by Crippen LogP contribution is 2.32. The Morgan fingerprint density at radius 2 is 2.05 bits per heavy atom. The first-order valence-corrected chi connectivity index (χ1v) is 6.95. The number of aromatic nitrogens is 3. The van der Waals surface area contributed by atoms with Crippen molar-refractivity contribution >= 4 is 0 Å². The summed E-state index contributed by atoms with van der Waals surface area (Å²) in [7, 11) is 0. The van der Waals surface area contributed by atoms with Crippen LogP contribution in [0.3, 0.4) is 0 Å². The fourth-order valence-electron chi connectivity index (χ4n) is 2.68. The van der Waals surface area contributed by atoms with Gasteiger partial charge in [-0.25, -0.2) is 9.37 Å². The fourth-order valence-corrected chi connectivity index (χ4v) is 2.68. The van der Waals surface area contributed by atoms with E-state index in [0.717, 1.165) is 19.0 Å². The van der Waals surface area contributed by atoms with E-state index in [1.54, 1.807) is 0 Å². The second kappa shape index (κ2) is 5.66. The lowest BCUT2D eigenvalue weighted by Crippen LogP contribution is -2.23.